The second-order valence-electron chi connectivity index (χ2n) is 12.6. The van der Waals surface area contributed by atoms with Gasteiger partial charge in [-0.1, -0.05) is 37.6 Å². The van der Waals surface area contributed by atoms with Crippen LogP contribution in [0.15, 0.2) is 36.5 Å². The number of fused-ring (bicyclic) bond motifs is 3. The van der Waals surface area contributed by atoms with Crippen LogP contribution in [-0.4, -0.2) is 95.7 Å². The molecule has 10 heteroatoms. The van der Waals surface area contributed by atoms with Crippen LogP contribution in [0, 0.1) is 5.82 Å². The van der Waals surface area contributed by atoms with E-state index in [0.717, 1.165) is 67.5 Å². The number of morpholine rings is 1. The lowest BCUT2D eigenvalue weighted by atomic mass is 9.90. The lowest BCUT2D eigenvalue weighted by Gasteiger charge is -2.43. The van der Waals surface area contributed by atoms with Gasteiger partial charge in [0.15, 0.2) is 0 Å². The predicted molar refractivity (Wildman–Crippen MR) is 159 cm³/mol. The van der Waals surface area contributed by atoms with Gasteiger partial charge < -0.3 is 15.0 Å². The summed E-state index contributed by atoms with van der Waals surface area (Å²) in [5.74, 6) is -0.164. The Morgan fingerprint density at radius 2 is 2.00 bits per heavy atom. The lowest BCUT2D eigenvalue weighted by Crippen LogP contribution is -2.62. The number of piperazine rings is 1. The molecule has 0 radical (unpaired) electrons. The van der Waals surface area contributed by atoms with E-state index in [1.165, 1.54) is 12.1 Å². The van der Waals surface area contributed by atoms with E-state index in [-0.39, 0.29) is 23.2 Å². The first-order valence-electron chi connectivity index (χ1n) is 14.6. The minimum atomic E-state index is -0.291. The van der Waals surface area contributed by atoms with Gasteiger partial charge in [-0.15, -0.1) is 0 Å². The van der Waals surface area contributed by atoms with Crippen LogP contribution in [0.5, 0.6) is 0 Å². The van der Waals surface area contributed by atoms with E-state index >= 15 is 0 Å². The molecule has 3 aliphatic rings. The number of aromatic nitrogens is 2. The van der Waals surface area contributed by atoms with E-state index in [0.29, 0.717) is 36.7 Å². The number of hydrogen-bond donors (Lipinski definition) is 1. The molecule has 1 amide bonds. The molecule has 0 bridgehead atoms. The van der Waals surface area contributed by atoms with Gasteiger partial charge in [0.25, 0.3) is 0 Å². The topological polar surface area (TPSA) is 65.4 Å². The molecule has 0 unspecified atom stereocenters. The summed E-state index contributed by atoms with van der Waals surface area (Å²) < 4.78 is 21.3. The quantitative estimate of drug-likeness (QED) is 0.478. The summed E-state index contributed by atoms with van der Waals surface area (Å²) in [7, 11) is 0. The zero-order valence-electron chi connectivity index (χ0n) is 24.4. The maximum absolute atomic E-state index is 14.2. The van der Waals surface area contributed by atoms with Crippen molar-refractivity contribution in [2.75, 3.05) is 57.4 Å². The number of amides is 1. The summed E-state index contributed by atoms with van der Waals surface area (Å²) in [5, 5.41) is 4.04. The van der Waals surface area contributed by atoms with Crippen LogP contribution >= 0.6 is 11.6 Å². The van der Waals surface area contributed by atoms with Gasteiger partial charge in [0.1, 0.15) is 16.6 Å². The third kappa shape index (κ3) is 5.75. The molecule has 5 heterocycles. The van der Waals surface area contributed by atoms with E-state index < -0.39 is 0 Å². The molecule has 41 heavy (non-hydrogen) atoms. The standard InChI is InChI=1S/C31H40ClFN6O2/c1-20-14-37(25(13-34-20)15-36-9-10-41-18-21(36)2)17-28(40)39-19-31(3,4)29-26(39)12-23(30-35-27(32)16-38(29)30)11-22-5-7-24(33)8-6-22/h5-8,12,16,20-21,25,34H,9-11,13-15,17-19H2,1-4H3/t20-,21-,25-/m1/s1. The smallest absolute Gasteiger partial charge is 0.241 e. The number of hydrogen-bond acceptors (Lipinski definition) is 6. The Morgan fingerprint density at radius 3 is 2.76 bits per heavy atom. The number of carbonyl (C=O) groups excluding carboxylic acids is 1. The third-order valence-electron chi connectivity index (χ3n) is 8.87. The summed E-state index contributed by atoms with van der Waals surface area (Å²) in [6, 6.07) is 9.55. The fraction of sp³-hybridized carbons (Fsp3) is 0.548. The van der Waals surface area contributed by atoms with Crippen molar-refractivity contribution in [1.29, 1.82) is 0 Å². The molecular weight excluding hydrogens is 543 g/mol. The van der Waals surface area contributed by atoms with Crippen LogP contribution in [0.1, 0.15) is 44.5 Å². The van der Waals surface area contributed by atoms with Gasteiger partial charge in [-0.05, 0) is 37.6 Å². The van der Waals surface area contributed by atoms with Gasteiger partial charge in [0, 0.05) is 74.4 Å². The Morgan fingerprint density at radius 1 is 1.22 bits per heavy atom. The van der Waals surface area contributed by atoms with Crippen molar-refractivity contribution in [2.24, 2.45) is 0 Å². The summed E-state index contributed by atoms with van der Waals surface area (Å²) >= 11 is 6.43. The maximum atomic E-state index is 14.2. The van der Waals surface area contributed by atoms with Crippen molar-refractivity contribution in [3.63, 3.8) is 0 Å². The first-order valence-corrected chi connectivity index (χ1v) is 15.0. The maximum Gasteiger partial charge on any atom is 0.241 e. The molecule has 220 valence electrons. The van der Waals surface area contributed by atoms with E-state index in [1.807, 2.05) is 11.1 Å². The summed E-state index contributed by atoms with van der Waals surface area (Å²) in [4.78, 5) is 25.6. The molecule has 6 rings (SSSR count). The van der Waals surface area contributed by atoms with Gasteiger partial charge >= 0.3 is 0 Å². The number of imidazole rings is 1. The fourth-order valence-electron chi connectivity index (χ4n) is 6.75. The third-order valence-corrected chi connectivity index (χ3v) is 9.05. The molecule has 1 N–H and O–H groups in total. The van der Waals surface area contributed by atoms with Crippen LogP contribution in [0.2, 0.25) is 5.15 Å². The Labute approximate surface area is 246 Å². The number of rotatable bonds is 6. The van der Waals surface area contributed by atoms with E-state index in [2.05, 4.69) is 58.3 Å². The minimum Gasteiger partial charge on any atom is -0.379 e. The number of halogens is 2. The molecule has 1 aromatic carbocycles. The average Bonchev–Trinajstić information content (AvgIpc) is 3.44. The van der Waals surface area contributed by atoms with Crippen LogP contribution in [0.3, 0.4) is 0 Å². The Kier molecular flexibility index (Phi) is 7.84. The number of ether oxygens (including phenoxy) is 1. The number of nitrogens with one attached hydrogen (secondary N) is 1. The van der Waals surface area contributed by atoms with Crippen LogP contribution in [-0.2, 0) is 21.4 Å². The fourth-order valence-corrected chi connectivity index (χ4v) is 6.92. The molecule has 3 atom stereocenters. The van der Waals surface area contributed by atoms with Gasteiger partial charge in [-0.3, -0.25) is 19.0 Å². The van der Waals surface area contributed by atoms with Gasteiger partial charge in [-0.25, -0.2) is 9.37 Å². The Bertz CT molecular complexity index is 1430. The molecule has 0 aliphatic carbocycles. The van der Waals surface area contributed by atoms with Gasteiger partial charge in [-0.2, -0.15) is 0 Å². The number of carbonyl (C=O) groups is 1. The molecule has 2 fully saturated rings. The summed E-state index contributed by atoms with van der Waals surface area (Å²) in [6.45, 7) is 14.7. The predicted octanol–water partition coefficient (Wildman–Crippen LogP) is 3.72. The van der Waals surface area contributed by atoms with E-state index in [9.17, 15) is 9.18 Å². The highest BCUT2D eigenvalue weighted by atomic mass is 35.5. The normalized spacial score (nSPS) is 25.1. The minimum absolute atomic E-state index is 0.101. The molecule has 3 aromatic rings. The van der Waals surface area contributed by atoms with Crippen molar-refractivity contribution in [3.05, 3.63) is 64.3 Å². The van der Waals surface area contributed by atoms with Crippen molar-refractivity contribution >= 4 is 28.8 Å². The number of anilines is 1. The first kappa shape index (κ1) is 28.6. The summed E-state index contributed by atoms with van der Waals surface area (Å²) in [5.41, 5.74) is 4.35. The van der Waals surface area contributed by atoms with Crippen molar-refractivity contribution in [1.82, 2.24) is 24.5 Å². The van der Waals surface area contributed by atoms with E-state index in [4.69, 9.17) is 16.3 Å². The van der Waals surface area contributed by atoms with Crippen LogP contribution < -0.4 is 10.2 Å². The SMILES string of the molecule is C[C@@H]1CN(CC(=O)N2CC(C)(C)c3c2cc(Cc2ccc(F)cc2)c2nc(Cl)cn32)[C@@H](CN2CCOC[C@H]2C)CN1. The van der Waals surface area contributed by atoms with Gasteiger partial charge in [0.2, 0.25) is 5.91 Å². The summed E-state index contributed by atoms with van der Waals surface area (Å²) in [6.07, 6.45) is 2.40. The molecule has 2 aromatic heterocycles. The highest BCUT2D eigenvalue weighted by molar-refractivity contribution is 6.29. The zero-order valence-corrected chi connectivity index (χ0v) is 25.1. The van der Waals surface area contributed by atoms with Crippen LogP contribution in [0.25, 0.3) is 5.65 Å². The number of nitrogens with zero attached hydrogens (tertiary/aromatic N) is 5. The molecule has 0 spiro atoms. The Hall–Kier alpha value is -2.56. The lowest BCUT2D eigenvalue weighted by molar-refractivity contribution is -0.121. The Balaban J connectivity index is 1.30. The highest BCUT2D eigenvalue weighted by Gasteiger charge is 2.42. The average molecular weight is 583 g/mol. The second kappa shape index (κ2) is 11.3. The molecular formula is C31H40ClFN6O2. The zero-order chi connectivity index (χ0) is 28.9. The van der Waals surface area contributed by atoms with Crippen LogP contribution in [0.4, 0.5) is 10.1 Å². The monoisotopic (exact) mass is 582 g/mol. The first-order chi connectivity index (χ1) is 19.6. The van der Waals surface area contributed by atoms with Crippen molar-refractivity contribution in [2.45, 2.75) is 57.7 Å². The molecule has 2 saturated heterocycles. The second-order valence-corrected chi connectivity index (χ2v) is 13.0. The largest absolute Gasteiger partial charge is 0.379 e. The van der Waals surface area contributed by atoms with Crippen molar-refractivity contribution in [3.8, 4) is 0 Å². The number of benzene rings is 1. The molecule has 3 aliphatic heterocycles. The highest BCUT2D eigenvalue weighted by Crippen LogP contribution is 2.43. The molecule has 0 saturated carbocycles. The molecule has 8 nitrogen and oxygen atoms in total. The number of pyridine rings is 1. The van der Waals surface area contributed by atoms with Gasteiger partial charge in [0.05, 0.1) is 31.1 Å². The van der Waals surface area contributed by atoms with Crippen molar-refractivity contribution < 1.29 is 13.9 Å². The van der Waals surface area contributed by atoms with E-state index in [1.54, 1.807) is 12.1 Å².